The molecular formula is C13H22N4. The molecule has 17 heavy (non-hydrogen) atoms. The third-order valence-corrected chi connectivity index (χ3v) is 3.17. The summed E-state index contributed by atoms with van der Waals surface area (Å²) in [7, 11) is 0. The van der Waals surface area contributed by atoms with Gasteiger partial charge in [-0.25, -0.2) is 9.97 Å². The summed E-state index contributed by atoms with van der Waals surface area (Å²) in [6, 6.07) is 2.43. The molecular weight excluding hydrogens is 212 g/mol. The van der Waals surface area contributed by atoms with Gasteiger partial charge >= 0.3 is 0 Å². The quantitative estimate of drug-likeness (QED) is 0.861. The molecule has 1 aliphatic rings. The maximum Gasteiger partial charge on any atom is 0.225 e. The molecule has 0 saturated carbocycles. The highest BCUT2D eigenvalue weighted by Gasteiger charge is 2.21. The number of rotatable bonds is 4. The third-order valence-electron chi connectivity index (χ3n) is 3.17. The van der Waals surface area contributed by atoms with Gasteiger partial charge in [0, 0.05) is 31.5 Å². The molecule has 4 heteroatoms. The molecule has 1 fully saturated rings. The van der Waals surface area contributed by atoms with Gasteiger partial charge in [-0.2, -0.15) is 0 Å². The maximum absolute atomic E-state index is 4.33. The molecule has 1 aliphatic heterocycles. The molecule has 2 rings (SSSR count). The van der Waals surface area contributed by atoms with Crippen LogP contribution in [0.25, 0.3) is 0 Å². The Morgan fingerprint density at radius 3 is 2.88 bits per heavy atom. The summed E-state index contributed by atoms with van der Waals surface area (Å²) < 4.78 is 0. The number of hydrogen-bond acceptors (Lipinski definition) is 4. The van der Waals surface area contributed by atoms with Crippen LogP contribution in [-0.4, -0.2) is 35.6 Å². The molecule has 1 aromatic heterocycles. The molecule has 1 N–H and O–H groups in total. The lowest BCUT2D eigenvalue weighted by atomic mass is 9.98. The fourth-order valence-corrected chi connectivity index (χ4v) is 2.27. The van der Waals surface area contributed by atoms with E-state index in [4.69, 9.17) is 0 Å². The van der Waals surface area contributed by atoms with Crippen LogP contribution in [0.5, 0.6) is 0 Å². The molecule has 4 nitrogen and oxygen atoms in total. The molecule has 0 aromatic carbocycles. The second-order valence-electron chi connectivity index (χ2n) is 5.07. The van der Waals surface area contributed by atoms with E-state index in [1.54, 1.807) is 0 Å². The van der Waals surface area contributed by atoms with Gasteiger partial charge in [0.2, 0.25) is 5.95 Å². The zero-order valence-corrected chi connectivity index (χ0v) is 10.8. The average Bonchev–Trinajstić information content (AvgIpc) is 2.38. The van der Waals surface area contributed by atoms with Crippen LogP contribution >= 0.6 is 0 Å². The van der Waals surface area contributed by atoms with Crippen LogP contribution in [-0.2, 0) is 0 Å². The highest BCUT2D eigenvalue weighted by molar-refractivity contribution is 5.29. The minimum Gasteiger partial charge on any atom is -0.341 e. The van der Waals surface area contributed by atoms with Gasteiger partial charge in [-0.15, -0.1) is 0 Å². The zero-order chi connectivity index (χ0) is 12.1. The fourth-order valence-electron chi connectivity index (χ4n) is 2.27. The first-order chi connectivity index (χ1) is 8.25. The standard InChI is InChI=1S/C13H22N4/c1-11(2)16-9-12-5-3-8-17(10-12)13-14-6-4-7-15-13/h4,6-7,11-12,16H,3,5,8-10H2,1-2H3. The van der Waals surface area contributed by atoms with E-state index in [9.17, 15) is 0 Å². The van der Waals surface area contributed by atoms with Crippen LogP contribution in [0.2, 0.25) is 0 Å². The number of anilines is 1. The van der Waals surface area contributed by atoms with Gasteiger partial charge in [0.1, 0.15) is 0 Å². The SMILES string of the molecule is CC(C)NCC1CCCN(c2ncccn2)C1. The van der Waals surface area contributed by atoms with Gasteiger partial charge in [0.15, 0.2) is 0 Å². The van der Waals surface area contributed by atoms with Gasteiger partial charge in [-0.05, 0) is 31.4 Å². The predicted molar refractivity (Wildman–Crippen MR) is 70.1 cm³/mol. The summed E-state index contributed by atoms with van der Waals surface area (Å²) in [5, 5.41) is 3.52. The molecule has 1 atom stereocenters. The molecule has 1 aromatic rings. The van der Waals surface area contributed by atoms with E-state index < -0.39 is 0 Å². The van der Waals surface area contributed by atoms with E-state index >= 15 is 0 Å². The summed E-state index contributed by atoms with van der Waals surface area (Å²) in [5.41, 5.74) is 0. The van der Waals surface area contributed by atoms with Gasteiger partial charge < -0.3 is 10.2 Å². The summed E-state index contributed by atoms with van der Waals surface area (Å²) >= 11 is 0. The monoisotopic (exact) mass is 234 g/mol. The van der Waals surface area contributed by atoms with Crippen molar-refractivity contribution >= 4 is 5.95 Å². The van der Waals surface area contributed by atoms with E-state index in [1.807, 2.05) is 18.5 Å². The number of aromatic nitrogens is 2. The number of piperidine rings is 1. The van der Waals surface area contributed by atoms with Crippen molar-refractivity contribution in [1.29, 1.82) is 0 Å². The number of hydrogen-bond donors (Lipinski definition) is 1. The van der Waals surface area contributed by atoms with Crippen molar-refractivity contribution in [2.45, 2.75) is 32.7 Å². The van der Waals surface area contributed by atoms with Gasteiger partial charge in [-0.3, -0.25) is 0 Å². The van der Waals surface area contributed by atoms with Gasteiger partial charge in [0.05, 0.1) is 0 Å². The minimum absolute atomic E-state index is 0.568. The van der Waals surface area contributed by atoms with Crippen molar-refractivity contribution in [3.05, 3.63) is 18.5 Å². The van der Waals surface area contributed by atoms with E-state index in [-0.39, 0.29) is 0 Å². The number of nitrogens with one attached hydrogen (secondary N) is 1. The molecule has 1 saturated heterocycles. The smallest absolute Gasteiger partial charge is 0.225 e. The van der Waals surface area contributed by atoms with Crippen molar-refractivity contribution in [2.75, 3.05) is 24.5 Å². The lowest BCUT2D eigenvalue weighted by Gasteiger charge is -2.33. The zero-order valence-electron chi connectivity index (χ0n) is 10.8. The van der Waals surface area contributed by atoms with E-state index in [2.05, 4.69) is 34.0 Å². The first kappa shape index (κ1) is 12.3. The second kappa shape index (κ2) is 5.96. The van der Waals surface area contributed by atoms with Crippen LogP contribution in [0.3, 0.4) is 0 Å². The summed E-state index contributed by atoms with van der Waals surface area (Å²) in [5.74, 6) is 1.59. The Morgan fingerprint density at radius 1 is 1.41 bits per heavy atom. The van der Waals surface area contributed by atoms with Crippen molar-refractivity contribution in [3.63, 3.8) is 0 Å². The van der Waals surface area contributed by atoms with E-state index in [0.29, 0.717) is 6.04 Å². The molecule has 0 amide bonds. The Bertz CT molecular complexity index is 325. The Kier molecular flexibility index (Phi) is 4.31. The molecule has 1 unspecified atom stereocenters. The lowest BCUT2D eigenvalue weighted by Crippen LogP contribution is -2.41. The average molecular weight is 234 g/mol. The minimum atomic E-state index is 0.568. The first-order valence-corrected chi connectivity index (χ1v) is 6.51. The van der Waals surface area contributed by atoms with Gasteiger partial charge in [0.25, 0.3) is 0 Å². The van der Waals surface area contributed by atoms with Crippen LogP contribution in [0.15, 0.2) is 18.5 Å². The van der Waals surface area contributed by atoms with E-state index in [1.165, 1.54) is 12.8 Å². The Morgan fingerprint density at radius 2 is 2.18 bits per heavy atom. The fraction of sp³-hybridized carbons (Fsp3) is 0.692. The Labute approximate surface area is 103 Å². The summed E-state index contributed by atoms with van der Waals surface area (Å²) in [6.45, 7) is 7.65. The largest absolute Gasteiger partial charge is 0.341 e. The molecule has 94 valence electrons. The molecule has 2 heterocycles. The Balaban J connectivity index is 1.89. The summed E-state index contributed by atoms with van der Waals surface area (Å²) in [4.78, 5) is 11.0. The van der Waals surface area contributed by atoms with Crippen molar-refractivity contribution in [1.82, 2.24) is 15.3 Å². The van der Waals surface area contributed by atoms with Crippen molar-refractivity contribution < 1.29 is 0 Å². The van der Waals surface area contributed by atoms with Gasteiger partial charge in [-0.1, -0.05) is 13.8 Å². The molecule has 0 bridgehead atoms. The van der Waals surface area contributed by atoms with Crippen molar-refractivity contribution in [2.24, 2.45) is 5.92 Å². The molecule has 0 spiro atoms. The highest BCUT2D eigenvalue weighted by Crippen LogP contribution is 2.19. The van der Waals surface area contributed by atoms with Crippen molar-refractivity contribution in [3.8, 4) is 0 Å². The molecule has 0 radical (unpaired) electrons. The highest BCUT2D eigenvalue weighted by atomic mass is 15.3. The predicted octanol–water partition coefficient (Wildman–Crippen LogP) is 1.69. The van der Waals surface area contributed by atoms with Crippen LogP contribution in [0.4, 0.5) is 5.95 Å². The van der Waals surface area contributed by atoms with Crippen LogP contribution in [0, 0.1) is 5.92 Å². The van der Waals surface area contributed by atoms with Crippen LogP contribution in [0.1, 0.15) is 26.7 Å². The normalized spacial score (nSPS) is 20.9. The maximum atomic E-state index is 4.33. The molecule has 0 aliphatic carbocycles. The lowest BCUT2D eigenvalue weighted by molar-refractivity contribution is 0.377. The second-order valence-corrected chi connectivity index (χ2v) is 5.07. The number of nitrogens with zero attached hydrogens (tertiary/aromatic N) is 3. The Hall–Kier alpha value is -1.16. The third kappa shape index (κ3) is 3.66. The topological polar surface area (TPSA) is 41.0 Å². The van der Waals surface area contributed by atoms with Crippen LogP contribution < -0.4 is 10.2 Å². The van der Waals surface area contributed by atoms with E-state index in [0.717, 1.165) is 31.5 Å². The first-order valence-electron chi connectivity index (χ1n) is 6.51. The summed E-state index contributed by atoms with van der Waals surface area (Å²) in [6.07, 6.45) is 6.18.